The van der Waals surface area contributed by atoms with Gasteiger partial charge in [0.1, 0.15) is 11.4 Å². The summed E-state index contributed by atoms with van der Waals surface area (Å²) in [6, 6.07) is 4.08. The highest BCUT2D eigenvalue weighted by Gasteiger charge is 2.18. The second kappa shape index (κ2) is 7.33. The zero-order valence-corrected chi connectivity index (χ0v) is 13.0. The van der Waals surface area contributed by atoms with E-state index < -0.39 is 5.60 Å². The third kappa shape index (κ3) is 6.10. The first-order valence-electron chi connectivity index (χ1n) is 7.08. The zero-order chi connectivity index (χ0) is 15.2. The maximum Gasteiger partial charge on any atom is 0.407 e. The molecule has 1 aromatic heterocycles. The van der Waals surface area contributed by atoms with Gasteiger partial charge in [-0.1, -0.05) is 6.92 Å². The van der Waals surface area contributed by atoms with E-state index in [0.717, 1.165) is 12.2 Å². The Bertz CT molecular complexity index is 396. The molecule has 5 heteroatoms. The first-order valence-corrected chi connectivity index (χ1v) is 7.08. The molecule has 0 aliphatic rings. The number of hydrogen-bond donors (Lipinski definition) is 2. The molecule has 0 saturated carbocycles. The van der Waals surface area contributed by atoms with Gasteiger partial charge in [0.05, 0.1) is 12.3 Å². The van der Waals surface area contributed by atoms with Crippen molar-refractivity contribution in [1.82, 2.24) is 10.6 Å². The van der Waals surface area contributed by atoms with Crippen LogP contribution in [0.4, 0.5) is 4.79 Å². The fourth-order valence-corrected chi connectivity index (χ4v) is 1.82. The first-order chi connectivity index (χ1) is 9.31. The van der Waals surface area contributed by atoms with Gasteiger partial charge in [0, 0.05) is 12.6 Å². The fraction of sp³-hybridized carbons (Fsp3) is 0.667. The van der Waals surface area contributed by atoms with Crippen molar-refractivity contribution in [3.8, 4) is 0 Å². The highest BCUT2D eigenvalue weighted by Crippen LogP contribution is 2.13. The summed E-state index contributed by atoms with van der Waals surface area (Å²) in [6.07, 6.45) is 2.18. The highest BCUT2D eigenvalue weighted by atomic mass is 16.6. The van der Waals surface area contributed by atoms with Gasteiger partial charge >= 0.3 is 6.09 Å². The van der Waals surface area contributed by atoms with Crippen LogP contribution in [0.15, 0.2) is 22.8 Å². The van der Waals surface area contributed by atoms with E-state index in [0.29, 0.717) is 6.54 Å². The predicted molar refractivity (Wildman–Crippen MR) is 78.6 cm³/mol. The summed E-state index contributed by atoms with van der Waals surface area (Å²) >= 11 is 0. The molecule has 1 aromatic rings. The lowest BCUT2D eigenvalue weighted by Crippen LogP contribution is -2.43. The largest absolute Gasteiger partial charge is 0.468 e. The standard InChI is InChI=1S/C15H26N2O3/c1-6-12(10-16-14(18)20-15(3,4)5)17-11(2)13-8-7-9-19-13/h7-9,11-12,17H,6,10H2,1-5H3,(H,16,18). The second-order valence-electron chi connectivity index (χ2n) is 5.89. The Morgan fingerprint density at radius 2 is 2.15 bits per heavy atom. The van der Waals surface area contributed by atoms with E-state index >= 15 is 0 Å². The summed E-state index contributed by atoms with van der Waals surface area (Å²) in [4.78, 5) is 11.6. The van der Waals surface area contributed by atoms with Gasteiger partial charge < -0.3 is 19.8 Å². The summed E-state index contributed by atoms with van der Waals surface area (Å²) in [7, 11) is 0. The molecule has 0 fully saturated rings. The summed E-state index contributed by atoms with van der Waals surface area (Å²) in [5.74, 6) is 0.890. The zero-order valence-electron chi connectivity index (χ0n) is 13.0. The van der Waals surface area contributed by atoms with E-state index in [1.807, 2.05) is 39.8 Å². The second-order valence-corrected chi connectivity index (χ2v) is 5.89. The number of furan rings is 1. The molecule has 2 atom stereocenters. The average molecular weight is 282 g/mol. The van der Waals surface area contributed by atoms with Crippen LogP contribution in [0.3, 0.4) is 0 Å². The number of nitrogens with one attached hydrogen (secondary N) is 2. The number of carbonyl (C=O) groups excluding carboxylic acids is 1. The van der Waals surface area contributed by atoms with Crippen molar-refractivity contribution in [3.63, 3.8) is 0 Å². The molecule has 20 heavy (non-hydrogen) atoms. The van der Waals surface area contributed by atoms with Gasteiger partial charge in [-0.05, 0) is 46.2 Å². The van der Waals surface area contributed by atoms with Crippen molar-refractivity contribution < 1.29 is 13.9 Å². The topological polar surface area (TPSA) is 63.5 Å². The van der Waals surface area contributed by atoms with Crippen molar-refractivity contribution >= 4 is 6.09 Å². The first kappa shape index (κ1) is 16.6. The van der Waals surface area contributed by atoms with Crippen LogP contribution in [0.1, 0.15) is 52.8 Å². The minimum atomic E-state index is -0.472. The Kier molecular flexibility index (Phi) is 6.07. The van der Waals surface area contributed by atoms with Gasteiger partial charge in [-0.3, -0.25) is 0 Å². The van der Waals surface area contributed by atoms with E-state index in [4.69, 9.17) is 9.15 Å². The van der Waals surface area contributed by atoms with Crippen LogP contribution in [0, 0.1) is 0 Å². The van der Waals surface area contributed by atoms with Crippen LogP contribution < -0.4 is 10.6 Å². The van der Waals surface area contributed by atoms with Crippen LogP contribution in [0.2, 0.25) is 0 Å². The number of amides is 1. The van der Waals surface area contributed by atoms with Crippen molar-refractivity contribution in [1.29, 1.82) is 0 Å². The van der Waals surface area contributed by atoms with Gasteiger partial charge in [-0.25, -0.2) is 4.79 Å². The van der Waals surface area contributed by atoms with Crippen LogP contribution in [0.5, 0.6) is 0 Å². The Labute approximate surface area is 121 Å². The smallest absolute Gasteiger partial charge is 0.407 e. The van der Waals surface area contributed by atoms with E-state index in [1.165, 1.54) is 0 Å². The van der Waals surface area contributed by atoms with E-state index in [-0.39, 0.29) is 18.2 Å². The summed E-state index contributed by atoms with van der Waals surface area (Å²) in [6.45, 7) is 10.2. The maximum absolute atomic E-state index is 11.6. The Morgan fingerprint density at radius 1 is 1.45 bits per heavy atom. The molecule has 0 radical (unpaired) electrons. The van der Waals surface area contributed by atoms with Crippen LogP contribution in [-0.4, -0.2) is 24.3 Å². The number of alkyl carbamates (subject to hydrolysis) is 1. The van der Waals surface area contributed by atoms with Crippen LogP contribution in [-0.2, 0) is 4.74 Å². The molecule has 5 nitrogen and oxygen atoms in total. The minimum Gasteiger partial charge on any atom is -0.468 e. The molecule has 0 spiro atoms. The predicted octanol–water partition coefficient (Wildman–Crippen LogP) is 3.23. The van der Waals surface area contributed by atoms with Gasteiger partial charge in [0.2, 0.25) is 0 Å². The lowest BCUT2D eigenvalue weighted by atomic mass is 10.1. The summed E-state index contributed by atoms with van der Waals surface area (Å²) < 4.78 is 10.6. The Morgan fingerprint density at radius 3 is 2.65 bits per heavy atom. The number of hydrogen-bond acceptors (Lipinski definition) is 4. The minimum absolute atomic E-state index is 0.107. The molecule has 0 bridgehead atoms. The van der Waals surface area contributed by atoms with Crippen LogP contribution >= 0.6 is 0 Å². The molecule has 1 heterocycles. The van der Waals surface area contributed by atoms with E-state index in [1.54, 1.807) is 6.26 Å². The normalized spacial score (nSPS) is 14.7. The van der Waals surface area contributed by atoms with Crippen molar-refractivity contribution in [2.24, 2.45) is 0 Å². The molecule has 0 aliphatic heterocycles. The maximum atomic E-state index is 11.6. The third-order valence-corrected chi connectivity index (χ3v) is 2.84. The van der Waals surface area contributed by atoms with Gasteiger partial charge in [0.15, 0.2) is 0 Å². The molecular weight excluding hydrogens is 256 g/mol. The lowest BCUT2D eigenvalue weighted by Gasteiger charge is -2.23. The molecule has 0 saturated heterocycles. The molecule has 114 valence electrons. The molecular formula is C15H26N2O3. The summed E-state index contributed by atoms with van der Waals surface area (Å²) in [5.41, 5.74) is -0.472. The third-order valence-electron chi connectivity index (χ3n) is 2.84. The number of rotatable bonds is 6. The van der Waals surface area contributed by atoms with Crippen molar-refractivity contribution in [2.45, 2.75) is 58.7 Å². The van der Waals surface area contributed by atoms with Crippen molar-refractivity contribution in [3.05, 3.63) is 24.2 Å². The SMILES string of the molecule is CCC(CNC(=O)OC(C)(C)C)NC(C)c1ccco1. The highest BCUT2D eigenvalue weighted by molar-refractivity contribution is 5.67. The quantitative estimate of drug-likeness (QED) is 0.840. The van der Waals surface area contributed by atoms with Crippen molar-refractivity contribution in [2.75, 3.05) is 6.54 Å². The molecule has 1 rings (SSSR count). The van der Waals surface area contributed by atoms with Crippen LogP contribution in [0.25, 0.3) is 0 Å². The van der Waals surface area contributed by atoms with E-state index in [9.17, 15) is 4.79 Å². The summed E-state index contributed by atoms with van der Waals surface area (Å²) in [5, 5.41) is 6.21. The fourth-order valence-electron chi connectivity index (χ4n) is 1.82. The van der Waals surface area contributed by atoms with E-state index in [2.05, 4.69) is 17.6 Å². The molecule has 0 aromatic carbocycles. The average Bonchev–Trinajstić information content (AvgIpc) is 2.85. The molecule has 2 N–H and O–H groups in total. The Balaban J connectivity index is 2.38. The van der Waals surface area contributed by atoms with Gasteiger partial charge in [-0.2, -0.15) is 0 Å². The van der Waals surface area contributed by atoms with Gasteiger partial charge in [0.25, 0.3) is 0 Å². The molecule has 1 amide bonds. The molecule has 0 aliphatic carbocycles. The Hall–Kier alpha value is -1.49. The molecule has 2 unspecified atom stereocenters. The number of ether oxygens (including phenoxy) is 1. The van der Waals surface area contributed by atoms with Gasteiger partial charge in [-0.15, -0.1) is 0 Å². The monoisotopic (exact) mass is 282 g/mol. The lowest BCUT2D eigenvalue weighted by molar-refractivity contribution is 0.0521. The number of carbonyl (C=O) groups is 1.